The fraction of sp³-hybridized carbons (Fsp3) is 0.369. The van der Waals surface area contributed by atoms with Crippen molar-refractivity contribution in [3.63, 3.8) is 0 Å². The number of halogens is 1. The van der Waals surface area contributed by atoms with Gasteiger partial charge in [-0.3, -0.25) is 28.4 Å². The molecule has 0 bridgehead atoms. The predicted octanol–water partition coefficient (Wildman–Crippen LogP) is 5.76. The van der Waals surface area contributed by atoms with Crippen LogP contribution in [0.1, 0.15) is 67.2 Å². The molecule has 0 radical (unpaired) electrons. The minimum absolute atomic E-state index is 0.119. The number of piperazine rings is 3. The lowest BCUT2D eigenvalue weighted by atomic mass is 10.0. The molecule has 0 aliphatic carbocycles. The van der Waals surface area contributed by atoms with E-state index in [9.17, 15) is 38.4 Å². The van der Waals surface area contributed by atoms with E-state index in [1.807, 2.05) is 129 Å². The van der Waals surface area contributed by atoms with Gasteiger partial charge in [0.25, 0.3) is 11.8 Å². The molecule has 10 rings (SSSR count). The fourth-order valence-electron chi connectivity index (χ4n) is 9.69. The lowest BCUT2D eigenvalue weighted by Crippen LogP contribution is -2.50. The number of carbonyl (C=O) groups is 8. The molecule has 4 N–H and O–H groups in total. The number of primary amides is 1. The number of nitrogens with one attached hydrogen (secondary N) is 2. The first-order chi connectivity index (χ1) is 44.9. The maximum absolute atomic E-state index is 13.3. The molecule has 93 heavy (non-hydrogen) atoms. The van der Waals surface area contributed by atoms with Crippen LogP contribution in [0.4, 0.5) is 26.0 Å². The van der Waals surface area contributed by atoms with Gasteiger partial charge in [0, 0.05) is 125 Å². The second-order valence-corrected chi connectivity index (χ2v) is 22.3. The highest BCUT2D eigenvalue weighted by molar-refractivity contribution is 14.1. The summed E-state index contributed by atoms with van der Waals surface area (Å²) in [5.41, 5.74) is 10.1. The van der Waals surface area contributed by atoms with Gasteiger partial charge in [0.15, 0.2) is 11.6 Å². The van der Waals surface area contributed by atoms with Crippen molar-refractivity contribution in [1.82, 2.24) is 54.7 Å². The van der Waals surface area contributed by atoms with Crippen LogP contribution in [0.15, 0.2) is 140 Å². The molecule has 3 aliphatic rings. The Bertz CT molecular complexity index is 3550. The molecule has 3 fully saturated rings. The number of Topliss-reactive ketones (excluding diaryl/α,β-unsaturated/α-hetero) is 1. The molecule has 7 aromatic rings. The number of nitrogens with zero attached hydrogens (tertiary/aromatic N) is 11. The van der Waals surface area contributed by atoms with Gasteiger partial charge in [-0.15, -0.1) is 0 Å². The minimum Gasteiger partial charge on any atom is -0.462 e. The number of ketones is 1. The number of hydrogen-bond acceptors (Lipinski definition) is 19. The summed E-state index contributed by atoms with van der Waals surface area (Å²) >= 11 is 2.00. The maximum Gasteiger partial charge on any atom is 0.410 e. The van der Waals surface area contributed by atoms with Crippen molar-refractivity contribution in [2.75, 3.05) is 102 Å². The zero-order chi connectivity index (χ0) is 66.7. The molecule has 3 saturated heterocycles. The van der Waals surface area contributed by atoms with Crippen molar-refractivity contribution in [2.45, 2.75) is 46.1 Å². The van der Waals surface area contributed by atoms with Crippen LogP contribution < -0.4 is 26.2 Å². The summed E-state index contributed by atoms with van der Waals surface area (Å²) in [6.07, 6.45) is 4.04. The third-order valence-electron chi connectivity index (χ3n) is 14.5. The molecule has 1 atom stereocenters. The largest absolute Gasteiger partial charge is 0.462 e. The summed E-state index contributed by atoms with van der Waals surface area (Å²) in [6.45, 7) is 12.0. The number of ether oxygens (including phenoxy) is 5. The summed E-state index contributed by atoms with van der Waals surface area (Å²) < 4.78 is 31.3. The van der Waals surface area contributed by atoms with Crippen molar-refractivity contribution in [1.29, 1.82) is 0 Å². The van der Waals surface area contributed by atoms with E-state index in [0.717, 1.165) is 48.4 Å². The molecule has 5 amide bonds. The number of aryl methyl sites for hydroxylation is 3. The highest BCUT2D eigenvalue weighted by atomic mass is 127. The van der Waals surface area contributed by atoms with Crippen LogP contribution in [0.5, 0.6) is 0 Å². The first-order valence-corrected chi connectivity index (χ1v) is 31.4. The smallest absolute Gasteiger partial charge is 0.410 e. The quantitative estimate of drug-likeness (QED) is 0.0398. The molecule has 0 spiro atoms. The molecule has 6 heterocycles. The first kappa shape index (κ1) is 70.6. The number of carbonyl (C=O) groups excluding carboxylic acids is 8. The standard InChI is InChI=1S/C27H30N6O5.C19H24N4O4.C12H16N2O2.C7H9IN2O2/c1-31-17-21(26(36)29-22(23(34)24(28)35)16-19-8-4-2-5-9-19)25(30-31)32-12-14-33(15-13-32)27(37)38-18-20-10-6-3-7-11-20;1-3-26-18(24)16-13-21(2)20-17(16)22-9-11-23(12-10-22)19(25)27-14-15-7-5-4-6-8-15;15-12(14-8-6-13-7-9-14)16-10-11-4-2-1-3-5-11;1-3-12-7(11)5-4-10(2)9-6(5)8/h2-11,17,22H,12-16,18H2,1H3,(H2,28,35)(H,29,36);4-8,13H,3,9-12,14H2,1-2H3;1-5,13H,6-10H2;4H,3H2,1-2H3. The van der Waals surface area contributed by atoms with E-state index in [1.165, 1.54) is 4.68 Å². The van der Waals surface area contributed by atoms with Crippen LogP contribution >= 0.6 is 22.6 Å². The number of aromatic nitrogens is 6. The number of hydrogen-bond donors (Lipinski definition) is 3. The maximum atomic E-state index is 13.3. The summed E-state index contributed by atoms with van der Waals surface area (Å²) in [7, 11) is 5.22. The van der Waals surface area contributed by atoms with E-state index >= 15 is 0 Å². The Kier molecular flexibility index (Phi) is 27.5. The fourth-order valence-corrected chi connectivity index (χ4v) is 10.4. The van der Waals surface area contributed by atoms with E-state index in [2.05, 4.69) is 25.9 Å². The molecule has 494 valence electrons. The van der Waals surface area contributed by atoms with Crippen LogP contribution in [0.25, 0.3) is 0 Å². The highest BCUT2D eigenvalue weighted by Gasteiger charge is 2.32. The van der Waals surface area contributed by atoms with E-state index in [4.69, 9.17) is 29.4 Å². The number of amides is 5. The predicted molar refractivity (Wildman–Crippen MR) is 352 cm³/mol. The second-order valence-electron chi connectivity index (χ2n) is 21.3. The Hall–Kier alpha value is -9.84. The Labute approximate surface area is 553 Å². The Morgan fingerprint density at radius 1 is 0.484 bits per heavy atom. The normalized spacial score (nSPS) is 13.8. The average Bonchev–Trinajstić information content (AvgIpc) is 1.84. The Balaban J connectivity index is 0.000000192. The van der Waals surface area contributed by atoms with Crippen molar-refractivity contribution in [2.24, 2.45) is 26.9 Å². The second kappa shape index (κ2) is 36.3. The molecule has 1 unspecified atom stereocenters. The third-order valence-corrected chi connectivity index (χ3v) is 15.2. The lowest BCUT2D eigenvalue weighted by Gasteiger charge is -2.34. The summed E-state index contributed by atoms with van der Waals surface area (Å²) in [5, 5.41) is 18.7. The Morgan fingerprint density at radius 2 is 0.839 bits per heavy atom. The van der Waals surface area contributed by atoms with Crippen molar-refractivity contribution >= 4 is 82.0 Å². The molecular weight excluding hydrogens is 1310 g/mol. The van der Waals surface area contributed by atoms with Gasteiger partial charge in [-0.1, -0.05) is 121 Å². The first-order valence-electron chi connectivity index (χ1n) is 30.3. The van der Waals surface area contributed by atoms with Crippen LogP contribution in [-0.4, -0.2) is 190 Å². The van der Waals surface area contributed by atoms with Crippen molar-refractivity contribution in [3.8, 4) is 0 Å². The van der Waals surface area contributed by atoms with Crippen LogP contribution in [0.3, 0.4) is 0 Å². The lowest BCUT2D eigenvalue weighted by molar-refractivity contribution is -0.137. The van der Waals surface area contributed by atoms with Gasteiger partial charge < -0.3 is 64.6 Å². The number of benzene rings is 4. The molecule has 0 saturated carbocycles. The van der Waals surface area contributed by atoms with Crippen LogP contribution in [0, 0.1) is 3.70 Å². The average molecular weight is 1390 g/mol. The van der Waals surface area contributed by atoms with Gasteiger partial charge in [0.1, 0.15) is 46.3 Å². The molecule has 4 aromatic carbocycles. The van der Waals surface area contributed by atoms with Gasteiger partial charge >= 0.3 is 30.2 Å². The monoisotopic (exact) mass is 1390 g/mol. The molecular formula is C65H79IN14O13. The van der Waals surface area contributed by atoms with E-state index in [-0.39, 0.29) is 49.3 Å². The highest BCUT2D eigenvalue weighted by Crippen LogP contribution is 2.23. The number of nitrogens with two attached hydrogens (primary N) is 1. The molecule has 3 aliphatic heterocycles. The van der Waals surface area contributed by atoms with Gasteiger partial charge in [-0.25, -0.2) is 24.0 Å². The van der Waals surface area contributed by atoms with Crippen molar-refractivity contribution < 1.29 is 62.0 Å². The minimum atomic E-state index is -1.12. The Morgan fingerprint density at radius 3 is 1.23 bits per heavy atom. The number of esters is 2. The number of anilines is 2. The van der Waals surface area contributed by atoms with E-state index < -0.39 is 29.7 Å². The van der Waals surface area contributed by atoms with Gasteiger partial charge in [-0.2, -0.15) is 15.3 Å². The van der Waals surface area contributed by atoms with Crippen LogP contribution in [0.2, 0.25) is 0 Å². The summed E-state index contributed by atoms with van der Waals surface area (Å²) in [4.78, 5) is 106. The zero-order valence-electron chi connectivity index (χ0n) is 52.8. The molecule has 27 nitrogen and oxygen atoms in total. The van der Waals surface area contributed by atoms with E-state index in [1.54, 1.807) is 102 Å². The molecule has 3 aromatic heterocycles. The van der Waals surface area contributed by atoms with Gasteiger partial charge in [0.05, 0.1) is 13.2 Å². The third kappa shape index (κ3) is 21.9. The number of rotatable bonds is 18. The molecule has 28 heteroatoms. The van der Waals surface area contributed by atoms with Crippen molar-refractivity contribution in [3.05, 3.63) is 183 Å². The van der Waals surface area contributed by atoms with E-state index in [0.29, 0.717) is 98.6 Å². The summed E-state index contributed by atoms with van der Waals surface area (Å²) in [6, 6.07) is 36.7. The van der Waals surface area contributed by atoms with Gasteiger partial charge in [-0.05, 0) is 58.7 Å². The summed E-state index contributed by atoms with van der Waals surface area (Å²) in [5.74, 6) is -2.22. The van der Waals surface area contributed by atoms with Gasteiger partial charge in [0.2, 0.25) is 5.78 Å². The van der Waals surface area contributed by atoms with Crippen LogP contribution in [-0.2, 0) is 80.7 Å². The topological polar surface area (TPSA) is 302 Å². The SMILES string of the molecule is CCOC(=O)c1cn(C)nc1I.CCOC(=O)c1cn(C)nc1N1CCN(C(=O)OCc2ccccc2)CC1.Cn1cc(C(=O)NC(Cc2ccccc2)C(=O)C(N)=O)c(N2CCN(C(=O)OCc3ccccc3)CC2)n1.O=C(OCc1ccccc1)N1CCNCC1. The zero-order valence-corrected chi connectivity index (χ0v) is 54.9.